The standard InChI is InChI=1S/C12H15N3O2/c1-14-12-10-7(4-5-15-12)11(17-3)9(16-2)6-8(10)13/h4-6H,13H2,1-3H3,(H,14,15). The molecular formula is C12H15N3O2. The summed E-state index contributed by atoms with van der Waals surface area (Å²) < 4.78 is 10.6. The van der Waals surface area contributed by atoms with E-state index in [1.807, 2.05) is 6.07 Å². The van der Waals surface area contributed by atoms with Gasteiger partial charge < -0.3 is 20.5 Å². The monoisotopic (exact) mass is 233 g/mol. The van der Waals surface area contributed by atoms with Crippen molar-refractivity contribution in [3.63, 3.8) is 0 Å². The van der Waals surface area contributed by atoms with Crippen molar-refractivity contribution in [1.82, 2.24) is 4.98 Å². The first-order valence-corrected chi connectivity index (χ1v) is 5.19. The van der Waals surface area contributed by atoms with Gasteiger partial charge in [0.05, 0.1) is 19.6 Å². The summed E-state index contributed by atoms with van der Waals surface area (Å²) in [5, 5.41) is 4.73. The number of nitrogens with zero attached hydrogens (tertiary/aromatic N) is 1. The van der Waals surface area contributed by atoms with E-state index in [1.54, 1.807) is 33.5 Å². The van der Waals surface area contributed by atoms with Crippen LogP contribution in [-0.4, -0.2) is 26.3 Å². The molecule has 0 aliphatic rings. The fourth-order valence-corrected chi connectivity index (χ4v) is 1.91. The molecule has 1 heterocycles. The molecule has 2 rings (SSSR count). The van der Waals surface area contributed by atoms with E-state index < -0.39 is 0 Å². The molecule has 2 aromatic rings. The number of nitrogens with one attached hydrogen (secondary N) is 1. The van der Waals surface area contributed by atoms with Crippen molar-refractivity contribution in [2.45, 2.75) is 0 Å². The maximum absolute atomic E-state index is 6.02. The van der Waals surface area contributed by atoms with Gasteiger partial charge in [-0.3, -0.25) is 0 Å². The minimum absolute atomic E-state index is 0.607. The third-order valence-electron chi connectivity index (χ3n) is 2.66. The van der Waals surface area contributed by atoms with Crippen LogP contribution in [0.5, 0.6) is 11.5 Å². The third kappa shape index (κ3) is 1.69. The fraction of sp³-hybridized carbons (Fsp3) is 0.250. The number of methoxy groups -OCH3 is 2. The van der Waals surface area contributed by atoms with Gasteiger partial charge in [0.1, 0.15) is 5.82 Å². The van der Waals surface area contributed by atoms with Crippen LogP contribution in [-0.2, 0) is 0 Å². The molecule has 5 heteroatoms. The van der Waals surface area contributed by atoms with Crippen LogP contribution in [0.15, 0.2) is 18.3 Å². The maximum atomic E-state index is 6.02. The van der Waals surface area contributed by atoms with Crippen molar-refractivity contribution in [2.24, 2.45) is 0 Å². The molecule has 0 fully saturated rings. The molecule has 0 aliphatic carbocycles. The molecule has 0 saturated heterocycles. The van der Waals surface area contributed by atoms with Crippen LogP contribution in [0.3, 0.4) is 0 Å². The molecule has 1 aromatic carbocycles. The second-order valence-corrected chi connectivity index (χ2v) is 3.53. The molecule has 0 unspecified atom stereocenters. The summed E-state index contributed by atoms with van der Waals surface area (Å²) in [7, 11) is 4.99. The lowest BCUT2D eigenvalue weighted by Gasteiger charge is -2.14. The predicted molar refractivity (Wildman–Crippen MR) is 68.8 cm³/mol. The number of nitrogens with two attached hydrogens (primary N) is 1. The Morgan fingerprint density at radius 3 is 2.65 bits per heavy atom. The second kappa shape index (κ2) is 4.37. The van der Waals surface area contributed by atoms with Gasteiger partial charge in [-0.05, 0) is 6.07 Å². The molecule has 90 valence electrons. The van der Waals surface area contributed by atoms with Crippen LogP contribution < -0.4 is 20.5 Å². The topological polar surface area (TPSA) is 69.4 Å². The molecular weight excluding hydrogens is 218 g/mol. The Hall–Kier alpha value is -2.17. The average molecular weight is 233 g/mol. The largest absolute Gasteiger partial charge is 0.493 e. The van der Waals surface area contributed by atoms with E-state index in [2.05, 4.69) is 10.3 Å². The van der Waals surface area contributed by atoms with Crippen molar-refractivity contribution in [2.75, 3.05) is 32.3 Å². The average Bonchev–Trinajstić information content (AvgIpc) is 2.37. The lowest BCUT2D eigenvalue weighted by Crippen LogP contribution is -2.00. The Balaban J connectivity index is 2.88. The second-order valence-electron chi connectivity index (χ2n) is 3.53. The van der Waals surface area contributed by atoms with Gasteiger partial charge in [-0.25, -0.2) is 4.98 Å². The smallest absolute Gasteiger partial charge is 0.168 e. The zero-order chi connectivity index (χ0) is 12.4. The summed E-state index contributed by atoms with van der Waals surface area (Å²) in [5.74, 6) is 2.00. The Bertz CT molecular complexity index is 555. The lowest BCUT2D eigenvalue weighted by molar-refractivity contribution is 0.359. The number of rotatable bonds is 3. The maximum Gasteiger partial charge on any atom is 0.168 e. The van der Waals surface area contributed by atoms with Gasteiger partial charge in [-0.1, -0.05) is 0 Å². The van der Waals surface area contributed by atoms with Gasteiger partial charge in [0, 0.05) is 30.4 Å². The Labute approximate surface area is 99.5 Å². The van der Waals surface area contributed by atoms with Crippen LogP contribution in [0, 0.1) is 0 Å². The number of nitrogen functional groups attached to an aromatic ring is 1. The lowest BCUT2D eigenvalue weighted by atomic mass is 10.1. The van der Waals surface area contributed by atoms with Crippen LogP contribution in [0.1, 0.15) is 0 Å². The number of pyridine rings is 1. The SMILES string of the molecule is CNc1nccc2c(OC)c(OC)cc(N)c12. The molecule has 17 heavy (non-hydrogen) atoms. The van der Waals surface area contributed by atoms with E-state index in [0.717, 1.165) is 16.6 Å². The Morgan fingerprint density at radius 1 is 1.29 bits per heavy atom. The Morgan fingerprint density at radius 2 is 2.06 bits per heavy atom. The normalized spacial score (nSPS) is 10.3. The van der Waals surface area contributed by atoms with Gasteiger partial charge in [0.2, 0.25) is 0 Å². The van der Waals surface area contributed by atoms with Gasteiger partial charge in [0.25, 0.3) is 0 Å². The summed E-state index contributed by atoms with van der Waals surface area (Å²) in [6.07, 6.45) is 1.70. The molecule has 0 bridgehead atoms. The molecule has 5 nitrogen and oxygen atoms in total. The molecule has 0 amide bonds. The molecule has 0 spiro atoms. The van der Waals surface area contributed by atoms with E-state index in [9.17, 15) is 0 Å². The van der Waals surface area contributed by atoms with Crippen molar-refractivity contribution in [1.29, 1.82) is 0 Å². The first-order valence-electron chi connectivity index (χ1n) is 5.19. The van der Waals surface area contributed by atoms with E-state index in [4.69, 9.17) is 15.2 Å². The predicted octanol–water partition coefficient (Wildman–Crippen LogP) is 1.88. The summed E-state index contributed by atoms with van der Waals surface area (Å²) in [4.78, 5) is 4.23. The van der Waals surface area contributed by atoms with Gasteiger partial charge in [-0.2, -0.15) is 0 Å². The number of hydrogen-bond acceptors (Lipinski definition) is 5. The van der Waals surface area contributed by atoms with Crippen LogP contribution in [0.4, 0.5) is 11.5 Å². The van der Waals surface area contributed by atoms with E-state index in [1.165, 1.54) is 0 Å². The minimum atomic E-state index is 0.607. The summed E-state index contributed by atoms with van der Waals surface area (Å²) in [6.45, 7) is 0. The van der Waals surface area contributed by atoms with Gasteiger partial charge >= 0.3 is 0 Å². The highest BCUT2D eigenvalue weighted by molar-refractivity contribution is 6.05. The number of fused-ring (bicyclic) bond motifs is 1. The highest BCUT2D eigenvalue weighted by Gasteiger charge is 2.14. The first-order chi connectivity index (χ1) is 8.22. The number of aromatic nitrogens is 1. The van der Waals surface area contributed by atoms with Crippen LogP contribution in [0.2, 0.25) is 0 Å². The molecule has 1 aromatic heterocycles. The van der Waals surface area contributed by atoms with E-state index in [0.29, 0.717) is 17.2 Å². The Kier molecular flexibility index (Phi) is 2.91. The number of ether oxygens (including phenoxy) is 2. The number of hydrogen-bond donors (Lipinski definition) is 2. The van der Waals surface area contributed by atoms with Crippen molar-refractivity contribution in [3.05, 3.63) is 18.3 Å². The quantitative estimate of drug-likeness (QED) is 0.792. The van der Waals surface area contributed by atoms with Crippen LogP contribution >= 0.6 is 0 Å². The molecule has 0 saturated carbocycles. The summed E-state index contributed by atoms with van der Waals surface area (Å²) >= 11 is 0. The highest BCUT2D eigenvalue weighted by atomic mass is 16.5. The van der Waals surface area contributed by atoms with Crippen molar-refractivity contribution in [3.8, 4) is 11.5 Å². The van der Waals surface area contributed by atoms with Crippen molar-refractivity contribution < 1.29 is 9.47 Å². The number of benzene rings is 1. The zero-order valence-electron chi connectivity index (χ0n) is 10.1. The third-order valence-corrected chi connectivity index (χ3v) is 2.66. The zero-order valence-corrected chi connectivity index (χ0v) is 10.1. The molecule has 0 atom stereocenters. The first kappa shape index (κ1) is 11.3. The fourth-order valence-electron chi connectivity index (χ4n) is 1.91. The van der Waals surface area contributed by atoms with Gasteiger partial charge in [-0.15, -0.1) is 0 Å². The van der Waals surface area contributed by atoms with Crippen molar-refractivity contribution >= 4 is 22.3 Å². The van der Waals surface area contributed by atoms with Crippen LogP contribution in [0.25, 0.3) is 10.8 Å². The van der Waals surface area contributed by atoms with E-state index >= 15 is 0 Å². The number of anilines is 2. The van der Waals surface area contributed by atoms with E-state index in [-0.39, 0.29) is 0 Å². The minimum Gasteiger partial charge on any atom is -0.493 e. The molecule has 0 radical (unpaired) electrons. The molecule has 0 aliphatic heterocycles. The summed E-state index contributed by atoms with van der Waals surface area (Å²) in [6, 6.07) is 3.59. The summed E-state index contributed by atoms with van der Waals surface area (Å²) in [5.41, 5.74) is 6.62. The van der Waals surface area contributed by atoms with Gasteiger partial charge in [0.15, 0.2) is 11.5 Å². The highest BCUT2D eigenvalue weighted by Crippen LogP contribution is 2.41. The molecule has 3 N–H and O–H groups in total.